The fraction of sp³-hybridized carbons (Fsp3) is 0.609. The Bertz CT molecular complexity index is 779. The number of carbonyl (C=O) groups excluding carboxylic acids is 2. The van der Waals surface area contributed by atoms with Gasteiger partial charge in [0, 0.05) is 66.2 Å². The number of ether oxygens (including phenoxy) is 1. The predicted molar refractivity (Wildman–Crippen MR) is 124 cm³/mol. The van der Waals surface area contributed by atoms with Crippen molar-refractivity contribution in [1.29, 1.82) is 0 Å². The van der Waals surface area contributed by atoms with Gasteiger partial charge < -0.3 is 25.2 Å². The monoisotopic (exact) mass is 444 g/mol. The van der Waals surface area contributed by atoms with Crippen molar-refractivity contribution in [3.8, 4) is 0 Å². The van der Waals surface area contributed by atoms with E-state index < -0.39 is 0 Å². The third-order valence-electron chi connectivity index (χ3n) is 6.06. The Hall–Kier alpha value is -2.65. The second-order valence-corrected chi connectivity index (χ2v) is 8.54. The third kappa shape index (κ3) is 6.67. The number of likely N-dealkylation sites (N-methyl/N-ethyl adjacent to an activating group) is 1. The Morgan fingerprint density at radius 2 is 1.91 bits per heavy atom. The van der Waals surface area contributed by atoms with E-state index in [0.29, 0.717) is 25.5 Å². The van der Waals surface area contributed by atoms with Crippen molar-refractivity contribution in [2.75, 3.05) is 73.6 Å². The molecule has 1 aromatic rings. The van der Waals surface area contributed by atoms with Crippen molar-refractivity contribution in [1.82, 2.24) is 25.3 Å². The number of likely N-dealkylation sites (tertiary alicyclic amines) is 1. The maximum absolute atomic E-state index is 12.4. The summed E-state index contributed by atoms with van der Waals surface area (Å²) in [5, 5.41) is 6.73. The average molecular weight is 445 g/mol. The van der Waals surface area contributed by atoms with Crippen LogP contribution in [0.5, 0.6) is 0 Å². The molecule has 2 atom stereocenters. The molecule has 176 valence electrons. The second kappa shape index (κ2) is 11.8. The molecule has 2 N–H and O–H groups in total. The maximum Gasteiger partial charge on any atom is 0.243 e. The lowest BCUT2D eigenvalue weighted by Crippen LogP contribution is -2.46. The molecular formula is C23H36N6O3. The molecule has 0 radical (unpaired) electrons. The lowest BCUT2D eigenvalue weighted by atomic mass is 9.94. The highest BCUT2D eigenvalue weighted by Crippen LogP contribution is 2.36. The molecule has 3 rings (SSSR count). The highest BCUT2D eigenvalue weighted by Gasteiger charge is 2.38. The molecule has 2 aliphatic rings. The molecule has 2 unspecified atom stereocenters. The lowest BCUT2D eigenvalue weighted by molar-refractivity contribution is -0.128. The van der Waals surface area contributed by atoms with Gasteiger partial charge in [-0.25, -0.2) is 4.99 Å². The number of nitrogens with zero attached hydrogens (tertiary/aromatic N) is 4. The van der Waals surface area contributed by atoms with Gasteiger partial charge in [-0.1, -0.05) is 30.3 Å². The SMILES string of the molecule is CN(C)C(=O)CN=C(NCCN1CCOCC1)NCC1CC(=O)N(C)C1c1ccccc1. The topological polar surface area (TPSA) is 89.5 Å². The number of hydrogen-bond donors (Lipinski definition) is 2. The molecule has 2 fully saturated rings. The van der Waals surface area contributed by atoms with E-state index >= 15 is 0 Å². The largest absolute Gasteiger partial charge is 0.379 e. The van der Waals surface area contributed by atoms with Gasteiger partial charge in [-0.2, -0.15) is 0 Å². The number of guanidine groups is 1. The summed E-state index contributed by atoms with van der Waals surface area (Å²) < 4.78 is 5.40. The summed E-state index contributed by atoms with van der Waals surface area (Å²) in [6, 6.07) is 10.1. The number of aliphatic imine (C=N–C) groups is 1. The van der Waals surface area contributed by atoms with E-state index in [2.05, 4.69) is 32.7 Å². The van der Waals surface area contributed by atoms with Crippen LogP contribution < -0.4 is 10.6 Å². The van der Waals surface area contributed by atoms with Crippen molar-refractivity contribution in [3.63, 3.8) is 0 Å². The van der Waals surface area contributed by atoms with E-state index in [1.807, 2.05) is 30.1 Å². The Morgan fingerprint density at radius 1 is 1.19 bits per heavy atom. The van der Waals surface area contributed by atoms with Gasteiger partial charge >= 0.3 is 0 Å². The first kappa shape index (κ1) is 24.0. The second-order valence-electron chi connectivity index (χ2n) is 8.54. The van der Waals surface area contributed by atoms with Crippen molar-refractivity contribution in [2.45, 2.75) is 12.5 Å². The van der Waals surface area contributed by atoms with E-state index in [9.17, 15) is 9.59 Å². The van der Waals surface area contributed by atoms with Crippen LogP contribution in [0.1, 0.15) is 18.0 Å². The zero-order valence-electron chi connectivity index (χ0n) is 19.4. The zero-order chi connectivity index (χ0) is 22.9. The summed E-state index contributed by atoms with van der Waals surface area (Å²) in [6.45, 7) is 5.64. The molecular weight excluding hydrogens is 408 g/mol. The fourth-order valence-electron chi connectivity index (χ4n) is 4.13. The molecule has 9 heteroatoms. The van der Waals surface area contributed by atoms with Crippen LogP contribution in [0, 0.1) is 5.92 Å². The van der Waals surface area contributed by atoms with Crippen LogP contribution in [0.15, 0.2) is 35.3 Å². The van der Waals surface area contributed by atoms with Crippen LogP contribution in [0.4, 0.5) is 0 Å². The summed E-state index contributed by atoms with van der Waals surface area (Å²) in [6.07, 6.45) is 0.487. The highest BCUT2D eigenvalue weighted by molar-refractivity contribution is 5.85. The Labute approximate surface area is 190 Å². The van der Waals surface area contributed by atoms with Gasteiger partial charge in [-0.3, -0.25) is 14.5 Å². The van der Waals surface area contributed by atoms with Gasteiger partial charge in [-0.15, -0.1) is 0 Å². The first-order valence-corrected chi connectivity index (χ1v) is 11.3. The quantitative estimate of drug-likeness (QED) is 0.439. The smallest absolute Gasteiger partial charge is 0.243 e. The molecule has 0 saturated carbocycles. The van der Waals surface area contributed by atoms with Crippen LogP contribution in [-0.4, -0.2) is 106 Å². The van der Waals surface area contributed by atoms with E-state index in [4.69, 9.17) is 4.74 Å². The number of morpholine rings is 1. The summed E-state index contributed by atoms with van der Waals surface area (Å²) in [5.41, 5.74) is 1.13. The summed E-state index contributed by atoms with van der Waals surface area (Å²) in [4.78, 5) is 34.7. The molecule has 2 heterocycles. The minimum atomic E-state index is -0.0581. The van der Waals surface area contributed by atoms with Crippen LogP contribution in [0.2, 0.25) is 0 Å². The van der Waals surface area contributed by atoms with Gasteiger partial charge in [0.15, 0.2) is 5.96 Å². The molecule has 9 nitrogen and oxygen atoms in total. The Kier molecular flexibility index (Phi) is 8.87. The van der Waals surface area contributed by atoms with Crippen LogP contribution in [0.25, 0.3) is 0 Å². The number of nitrogens with one attached hydrogen (secondary N) is 2. The van der Waals surface area contributed by atoms with Crippen molar-refractivity contribution >= 4 is 17.8 Å². The molecule has 32 heavy (non-hydrogen) atoms. The number of hydrogen-bond acceptors (Lipinski definition) is 5. The van der Waals surface area contributed by atoms with Crippen molar-refractivity contribution < 1.29 is 14.3 Å². The molecule has 0 aromatic heterocycles. The number of carbonyl (C=O) groups is 2. The minimum Gasteiger partial charge on any atom is -0.379 e. The molecule has 0 spiro atoms. The van der Waals surface area contributed by atoms with Crippen molar-refractivity contribution in [2.24, 2.45) is 10.9 Å². The average Bonchev–Trinajstić information content (AvgIpc) is 3.09. The molecule has 0 aliphatic carbocycles. The van der Waals surface area contributed by atoms with Gasteiger partial charge in [-0.05, 0) is 5.56 Å². The normalized spacial score (nSPS) is 22.2. The van der Waals surface area contributed by atoms with Crippen molar-refractivity contribution in [3.05, 3.63) is 35.9 Å². The highest BCUT2D eigenvalue weighted by atomic mass is 16.5. The molecule has 1 aromatic carbocycles. The molecule has 2 amide bonds. The van der Waals surface area contributed by atoms with Gasteiger partial charge in [0.1, 0.15) is 6.54 Å². The minimum absolute atomic E-state index is 0.0224. The summed E-state index contributed by atoms with van der Waals surface area (Å²) >= 11 is 0. The zero-order valence-corrected chi connectivity index (χ0v) is 19.4. The van der Waals surface area contributed by atoms with Gasteiger partial charge in [0.2, 0.25) is 11.8 Å². The Balaban J connectivity index is 1.61. The van der Waals surface area contributed by atoms with E-state index in [0.717, 1.165) is 38.4 Å². The number of rotatable bonds is 8. The standard InChI is InChI=1S/C23H36N6O3/c1-27(2)21(31)17-26-23(24-9-10-29-11-13-32-14-12-29)25-16-19-15-20(30)28(3)22(19)18-7-5-4-6-8-18/h4-8,19,22H,9-17H2,1-3H3,(H2,24,25,26). The summed E-state index contributed by atoms with van der Waals surface area (Å²) in [5.74, 6) is 0.803. The van der Waals surface area contributed by atoms with Crippen LogP contribution in [0.3, 0.4) is 0 Å². The van der Waals surface area contributed by atoms with Crippen LogP contribution >= 0.6 is 0 Å². The van der Waals surface area contributed by atoms with Gasteiger partial charge in [0.05, 0.1) is 19.3 Å². The van der Waals surface area contributed by atoms with E-state index in [1.54, 1.807) is 14.1 Å². The first-order chi connectivity index (χ1) is 15.5. The predicted octanol–water partition coefficient (Wildman–Crippen LogP) is 0.162. The van der Waals surface area contributed by atoms with E-state index in [1.165, 1.54) is 4.90 Å². The lowest BCUT2D eigenvalue weighted by Gasteiger charge is -2.27. The fourth-order valence-corrected chi connectivity index (χ4v) is 4.13. The third-order valence-corrected chi connectivity index (χ3v) is 6.06. The van der Waals surface area contributed by atoms with Crippen LogP contribution in [-0.2, 0) is 14.3 Å². The number of benzene rings is 1. The van der Waals surface area contributed by atoms with E-state index in [-0.39, 0.29) is 30.3 Å². The first-order valence-electron chi connectivity index (χ1n) is 11.3. The number of amides is 2. The van der Waals surface area contributed by atoms with Gasteiger partial charge in [0.25, 0.3) is 0 Å². The maximum atomic E-state index is 12.4. The molecule has 0 bridgehead atoms. The Morgan fingerprint density at radius 3 is 2.59 bits per heavy atom. The molecule has 2 aliphatic heterocycles. The summed E-state index contributed by atoms with van der Waals surface area (Å²) in [7, 11) is 5.31. The molecule has 2 saturated heterocycles.